The van der Waals surface area contributed by atoms with Crippen molar-refractivity contribution in [3.05, 3.63) is 21.4 Å². The fourth-order valence-corrected chi connectivity index (χ4v) is 6.24. The zero-order chi connectivity index (χ0) is 20.2. The molecule has 1 aromatic rings. The summed E-state index contributed by atoms with van der Waals surface area (Å²) in [5.41, 5.74) is 1.23. The predicted molar refractivity (Wildman–Crippen MR) is 117 cm³/mol. The highest BCUT2D eigenvalue weighted by molar-refractivity contribution is 7.14. The van der Waals surface area contributed by atoms with Gasteiger partial charge in [-0.2, -0.15) is 0 Å². The summed E-state index contributed by atoms with van der Waals surface area (Å²) in [7, 11) is 0. The van der Waals surface area contributed by atoms with E-state index < -0.39 is 0 Å². The second-order valence-corrected chi connectivity index (χ2v) is 10.1. The third kappa shape index (κ3) is 5.02. The normalized spacial score (nSPS) is 23.2. The number of rotatable bonds is 6. The Kier molecular flexibility index (Phi) is 6.91. The van der Waals surface area contributed by atoms with E-state index >= 15 is 0 Å². The van der Waals surface area contributed by atoms with Crippen LogP contribution in [-0.2, 0) is 17.6 Å². The maximum atomic E-state index is 12.7. The molecule has 0 aromatic carbocycles. The molecule has 6 heteroatoms. The minimum Gasteiger partial charge on any atom is -0.356 e. The Hall–Kier alpha value is -1.40. The molecule has 160 valence electrons. The highest BCUT2D eigenvalue weighted by atomic mass is 32.1. The van der Waals surface area contributed by atoms with Crippen molar-refractivity contribution in [1.29, 1.82) is 0 Å². The van der Waals surface area contributed by atoms with Gasteiger partial charge in [0.1, 0.15) is 0 Å². The number of fused-ring (bicyclic) bond motifs is 1. The molecule has 0 bridgehead atoms. The van der Waals surface area contributed by atoms with E-state index in [-0.39, 0.29) is 17.7 Å². The minimum atomic E-state index is 0.0637. The Morgan fingerprint density at radius 3 is 2.62 bits per heavy atom. The first-order valence-corrected chi connectivity index (χ1v) is 12.4. The Morgan fingerprint density at radius 2 is 1.90 bits per heavy atom. The Labute approximate surface area is 178 Å². The first-order valence-electron chi connectivity index (χ1n) is 11.5. The standard InChI is InChI=1S/C23H35N3O2S/c1-2-25-13-8-17(9-14-25)7-10-24-22(27)18-5-6-20-19(15-18)16-21(29-20)23(28)26-11-3-4-12-26/h16-18H,2-15H2,1H3,(H,24,27)/t18-/m0/s1. The smallest absolute Gasteiger partial charge is 0.263 e. The molecule has 2 saturated heterocycles. The molecule has 0 radical (unpaired) electrons. The van der Waals surface area contributed by atoms with Crippen LogP contribution in [0.15, 0.2) is 6.07 Å². The molecule has 2 fully saturated rings. The Morgan fingerprint density at radius 1 is 1.14 bits per heavy atom. The quantitative estimate of drug-likeness (QED) is 0.772. The largest absolute Gasteiger partial charge is 0.356 e. The van der Waals surface area contributed by atoms with Gasteiger partial charge < -0.3 is 15.1 Å². The predicted octanol–water partition coefficient (Wildman–Crippen LogP) is 3.33. The van der Waals surface area contributed by atoms with E-state index in [4.69, 9.17) is 0 Å². The van der Waals surface area contributed by atoms with Gasteiger partial charge in [0.25, 0.3) is 5.91 Å². The Bertz CT molecular complexity index is 718. The second-order valence-electron chi connectivity index (χ2n) is 8.96. The van der Waals surface area contributed by atoms with Crippen molar-refractivity contribution in [2.75, 3.05) is 39.3 Å². The number of amides is 2. The number of hydrogen-bond acceptors (Lipinski definition) is 4. The van der Waals surface area contributed by atoms with Crippen molar-refractivity contribution in [3.63, 3.8) is 0 Å². The molecule has 1 aliphatic carbocycles. The molecular formula is C23H35N3O2S. The first-order chi connectivity index (χ1) is 14.1. The average Bonchev–Trinajstić information content (AvgIpc) is 3.43. The zero-order valence-electron chi connectivity index (χ0n) is 17.8. The van der Waals surface area contributed by atoms with Gasteiger partial charge in [-0.15, -0.1) is 11.3 Å². The molecule has 1 N–H and O–H groups in total. The number of carbonyl (C=O) groups is 2. The summed E-state index contributed by atoms with van der Waals surface area (Å²) in [5.74, 6) is 1.22. The van der Waals surface area contributed by atoms with E-state index in [1.54, 1.807) is 11.3 Å². The van der Waals surface area contributed by atoms with Gasteiger partial charge in [0.2, 0.25) is 5.91 Å². The highest BCUT2D eigenvalue weighted by Crippen LogP contribution is 2.33. The summed E-state index contributed by atoms with van der Waals surface area (Å²) in [6.07, 6.45) is 8.51. The molecule has 2 amide bonds. The van der Waals surface area contributed by atoms with Gasteiger partial charge >= 0.3 is 0 Å². The van der Waals surface area contributed by atoms with E-state index in [0.717, 1.165) is 75.5 Å². The summed E-state index contributed by atoms with van der Waals surface area (Å²) in [4.78, 5) is 32.1. The number of nitrogens with zero attached hydrogens (tertiary/aromatic N) is 2. The Balaban J connectivity index is 1.24. The molecule has 0 unspecified atom stereocenters. The topological polar surface area (TPSA) is 52.7 Å². The van der Waals surface area contributed by atoms with Crippen LogP contribution in [0.25, 0.3) is 0 Å². The number of aryl methyl sites for hydroxylation is 1. The van der Waals surface area contributed by atoms with Gasteiger partial charge in [-0.3, -0.25) is 9.59 Å². The molecule has 2 aliphatic heterocycles. The van der Waals surface area contributed by atoms with Gasteiger partial charge in [0.05, 0.1) is 4.88 Å². The monoisotopic (exact) mass is 417 g/mol. The van der Waals surface area contributed by atoms with Crippen molar-refractivity contribution in [2.45, 2.75) is 58.3 Å². The molecule has 4 rings (SSSR count). The molecule has 0 spiro atoms. The lowest BCUT2D eigenvalue weighted by Crippen LogP contribution is -2.37. The maximum Gasteiger partial charge on any atom is 0.263 e. The molecule has 5 nitrogen and oxygen atoms in total. The van der Waals surface area contributed by atoms with Crippen LogP contribution in [0.4, 0.5) is 0 Å². The lowest BCUT2D eigenvalue weighted by atomic mass is 9.87. The SMILES string of the molecule is CCN1CCC(CCNC(=O)[C@H]2CCc3sc(C(=O)N4CCCC4)cc3C2)CC1. The van der Waals surface area contributed by atoms with Crippen molar-refractivity contribution in [1.82, 2.24) is 15.1 Å². The van der Waals surface area contributed by atoms with E-state index in [0.29, 0.717) is 0 Å². The third-order valence-electron chi connectivity index (χ3n) is 7.06. The summed E-state index contributed by atoms with van der Waals surface area (Å²) in [6, 6.07) is 2.07. The van der Waals surface area contributed by atoms with Crippen LogP contribution in [0, 0.1) is 11.8 Å². The summed E-state index contributed by atoms with van der Waals surface area (Å²) < 4.78 is 0. The zero-order valence-corrected chi connectivity index (χ0v) is 18.6. The first kappa shape index (κ1) is 20.9. The van der Waals surface area contributed by atoms with Gasteiger partial charge in [0.15, 0.2) is 0 Å². The maximum absolute atomic E-state index is 12.7. The fourth-order valence-electron chi connectivity index (χ4n) is 5.06. The molecule has 29 heavy (non-hydrogen) atoms. The van der Waals surface area contributed by atoms with Crippen molar-refractivity contribution in [2.24, 2.45) is 11.8 Å². The summed E-state index contributed by atoms with van der Waals surface area (Å²) in [5, 5.41) is 3.21. The van der Waals surface area contributed by atoms with Gasteiger partial charge in [-0.1, -0.05) is 6.92 Å². The molecular weight excluding hydrogens is 382 g/mol. The van der Waals surface area contributed by atoms with Gasteiger partial charge in [-0.25, -0.2) is 0 Å². The highest BCUT2D eigenvalue weighted by Gasteiger charge is 2.29. The molecule has 1 aromatic heterocycles. The molecule has 1 atom stereocenters. The lowest BCUT2D eigenvalue weighted by molar-refractivity contribution is -0.125. The second kappa shape index (κ2) is 9.61. The van der Waals surface area contributed by atoms with Crippen molar-refractivity contribution >= 4 is 23.2 Å². The van der Waals surface area contributed by atoms with Gasteiger partial charge in [-0.05, 0) is 88.5 Å². The molecule has 0 saturated carbocycles. The fraction of sp³-hybridized carbons (Fsp3) is 0.739. The van der Waals surface area contributed by atoms with Crippen LogP contribution >= 0.6 is 11.3 Å². The molecule has 3 heterocycles. The van der Waals surface area contributed by atoms with Gasteiger partial charge in [0, 0.05) is 30.4 Å². The van der Waals surface area contributed by atoms with Crippen LogP contribution in [0.5, 0.6) is 0 Å². The summed E-state index contributed by atoms with van der Waals surface area (Å²) >= 11 is 1.66. The molecule has 3 aliphatic rings. The summed E-state index contributed by atoms with van der Waals surface area (Å²) in [6.45, 7) is 8.39. The van der Waals surface area contributed by atoms with Crippen molar-refractivity contribution < 1.29 is 9.59 Å². The van der Waals surface area contributed by atoms with E-state index in [1.165, 1.54) is 36.4 Å². The van der Waals surface area contributed by atoms with Crippen LogP contribution in [-0.4, -0.2) is 60.9 Å². The van der Waals surface area contributed by atoms with Crippen LogP contribution < -0.4 is 5.32 Å². The number of piperidine rings is 1. The van der Waals surface area contributed by atoms with Crippen LogP contribution in [0.2, 0.25) is 0 Å². The number of thiophene rings is 1. The lowest BCUT2D eigenvalue weighted by Gasteiger charge is -2.31. The van der Waals surface area contributed by atoms with Crippen LogP contribution in [0.3, 0.4) is 0 Å². The van der Waals surface area contributed by atoms with E-state index in [1.807, 2.05) is 4.90 Å². The number of nitrogens with one attached hydrogen (secondary N) is 1. The van der Waals surface area contributed by atoms with E-state index in [9.17, 15) is 9.59 Å². The minimum absolute atomic E-state index is 0.0637. The third-order valence-corrected chi connectivity index (χ3v) is 8.29. The number of carbonyl (C=O) groups excluding carboxylic acids is 2. The number of likely N-dealkylation sites (tertiary alicyclic amines) is 2. The van der Waals surface area contributed by atoms with Crippen LogP contribution in [0.1, 0.15) is 65.6 Å². The van der Waals surface area contributed by atoms with Crippen molar-refractivity contribution in [3.8, 4) is 0 Å². The number of hydrogen-bond donors (Lipinski definition) is 1. The average molecular weight is 418 g/mol. The van der Waals surface area contributed by atoms with E-state index in [2.05, 4.69) is 23.2 Å².